The van der Waals surface area contributed by atoms with Crippen LogP contribution in [0.15, 0.2) is 6.20 Å². The van der Waals surface area contributed by atoms with Crippen LogP contribution in [0.2, 0.25) is 0 Å². The highest BCUT2D eigenvalue weighted by Gasteiger charge is 2.02. The first-order valence-electron chi connectivity index (χ1n) is 8.75. The second kappa shape index (κ2) is 14.2. The fourth-order valence-corrected chi connectivity index (χ4v) is 1.84. The van der Waals surface area contributed by atoms with E-state index in [4.69, 9.17) is 14.2 Å². The van der Waals surface area contributed by atoms with Crippen molar-refractivity contribution in [1.29, 1.82) is 0 Å². The lowest BCUT2D eigenvalue weighted by Crippen LogP contribution is -2.25. The van der Waals surface area contributed by atoms with Crippen LogP contribution in [0.5, 0.6) is 0 Å². The van der Waals surface area contributed by atoms with Crippen molar-refractivity contribution in [2.45, 2.75) is 33.4 Å². The van der Waals surface area contributed by atoms with Gasteiger partial charge >= 0.3 is 0 Å². The topological polar surface area (TPSA) is 117 Å². The number of amides is 2. The van der Waals surface area contributed by atoms with Gasteiger partial charge in [-0.05, 0) is 0 Å². The molecule has 1 aromatic heterocycles. The van der Waals surface area contributed by atoms with Crippen molar-refractivity contribution >= 4 is 11.8 Å². The number of rotatable bonds is 15. The van der Waals surface area contributed by atoms with Gasteiger partial charge in [0.05, 0.1) is 58.9 Å². The Morgan fingerprint density at radius 2 is 1.69 bits per heavy atom. The summed E-state index contributed by atoms with van der Waals surface area (Å²) in [5, 5.41) is 13.4. The standard InChI is InChI=1S/C16H29N5O5/c1-3-16(23)18-12-15-13-21(20-19-15)5-7-25-9-11-26-10-8-24-6-4-17-14(2)22/h13H,3-12H2,1-2H3,(H,17,22)(H,18,23). The number of nitrogens with zero attached hydrogens (tertiary/aromatic N) is 3. The monoisotopic (exact) mass is 371 g/mol. The van der Waals surface area contributed by atoms with Crippen LogP contribution in [0.4, 0.5) is 0 Å². The zero-order chi connectivity index (χ0) is 19.0. The molecule has 2 amide bonds. The maximum atomic E-state index is 11.2. The summed E-state index contributed by atoms with van der Waals surface area (Å²) in [5.41, 5.74) is 0.716. The number of carbonyl (C=O) groups excluding carboxylic acids is 2. The molecular formula is C16H29N5O5. The zero-order valence-corrected chi connectivity index (χ0v) is 15.5. The normalized spacial score (nSPS) is 10.7. The highest BCUT2D eigenvalue weighted by Crippen LogP contribution is 1.93. The maximum Gasteiger partial charge on any atom is 0.220 e. The van der Waals surface area contributed by atoms with Crippen molar-refractivity contribution in [3.05, 3.63) is 11.9 Å². The SMILES string of the molecule is CCC(=O)NCc1cn(CCOCCOCCOCCNC(C)=O)nn1. The van der Waals surface area contributed by atoms with Gasteiger partial charge in [-0.2, -0.15) is 0 Å². The third-order valence-corrected chi connectivity index (χ3v) is 3.20. The second-order valence-electron chi connectivity index (χ2n) is 5.42. The van der Waals surface area contributed by atoms with Crippen LogP contribution < -0.4 is 10.6 Å². The molecule has 0 unspecified atom stereocenters. The van der Waals surface area contributed by atoms with Gasteiger partial charge < -0.3 is 24.8 Å². The Hall–Kier alpha value is -2.04. The summed E-state index contributed by atoms with van der Waals surface area (Å²) in [5.74, 6) is -0.0756. The summed E-state index contributed by atoms with van der Waals surface area (Å²) in [6, 6.07) is 0. The van der Waals surface area contributed by atoms with Gasteiger partial charge in [0.25, 0.3) is 0 Å². The highest BCUT2D eigenvalue weighted by atomic mass is 16.5. The minimum atomic E-state index is -0.0626. The molecule has 26 heavy (non-hydrogen) atoms. The van der Waals surface area contributed by atoms with Crippen LogP contribution in [-0.4, -0.2) is 73.0 Å². The first-order chi connectivity index (χ1) is 12.6. The van der Waals surface area contributed by atoms with E-state index in [2.05, 4.69) is 20.9 Å². The van der Waals surface area contributed by atoms with Gasteiger partial charge in [-0.15, -0.1) is 5.10 Å². The maximum absolute atomic E-state index is 11.2. The molecule has 0 saturated carbocycles. The molecule has 10 nitrogen and oxygen atoms in total. The van der Waals surface area contributed by atoms with E-state index in [0.717, 1.165) is 0 Å². The van der Waals surface area contributed by atoms with E-state index in [-0.39, 0.29) is 11.8 Å². The first kappa shape index (κ1) is 22.0. The Morgan fingerprint density at radius 1 is 1.04 bits per heavy atom. The molecule has 0 aliphatic rings. The van der Waals surface area contributed by atoms with Crippen molar-refractivity contribution in [3.63, 3.8) is 0 Å². The van der Waals surface area contributed by atoms with Gasteiger partial charge in [0.2, 0.25) is 11.8 Å². The van der Waals surface area contributed by atoms with E-state index < -0.39 is 0 Å². The number of ether oxygens (including phenoxy) is 3. The molecule has 0 aliphatic carbocycles. The quantitative estimate of drug-likeness (QED) is 0.399. The number of aromatic nitrogens is 3. The summed E-state index contributed by atoms with van der Waals surface area (Å²) in [6.45, 7) is 7.66. The first-order valence-corrected chi connectivity index (χ1v) is 8.75. The predicted molar refractivity (Wildman–Crippen MR) is 93.3 cm³/mol. The molecule has 1 rings (SSSR count). The van der Waals surface area contributed by atoms with Crippen LogP contribution in [0.25, 0.3) is 0 Å². The molecule has 2 N–H and O–H groups in total. The van der Waals surface area contributed by atoms with Crippen LogP contribution in [0, 0.1) is 0 Å². The molecule has 0 fully saturated rings. The molecular weight excluding hydrogens is 342 g/mol. The van der Waals surface area contributed by atoms with Gasteiger partial charge in [-0.1, -0.05) is 12.1 Å². The summed E-state index contributed by atoms with van der Waals surface area (Å²) >= 11 is 0. The van der Waals surface area contributed by atoms with Crippen molar-refractivity contribution in [3.8, 4) is 0 Å². The van der Waals surface area contributed by atoms with Gasteiger partial charge in [0.15, 0.2) is 0 Å². The van der Waals surface area contributed by atoms with E-state index in [0.29, 0.717) is 71.4 Å². The lowest BCUT2D eigenvalue weighted by molar-refractivity contribution is -0.121. The summed E-state index contributed by atoms with van der Waals surface area (Å²) in [4.78, 5) is 21.8. The molecule has 1 heterocycles. The lowest BCUT2D eigenvalue weighted by atomic mass is 10.4. The van der Waals surface area contributed by atoms with E-state index in [1.165, 1.54) is 6.92 Å². The fourth-order valence-electron chi connectivity index (χ4n) is 1.84. The Morgan fingerprint density at radius 3 is 2.35 bits per heavy atom. The Kier molecular flexibility index (Phi) is 12.0. The van der Waals surface area contributed by atoms with E-state index >= 15 is 0 Å². The minimum absolute atomic E-state index is 0.0130. The Balaban J connectivity index is 1.91. The lowest BCUT2D eigenvalue weighted by Gasteiger charge is -2.07. The molecule has 148 valence electrons. The number of carbonyl (C=O) groups is 2. The zero-order valence-electron chi connectivity index (χ0n) is 15.5. The number of hydrogen-bond acceptors (Lipinski definition) is 7. The smallest absolute Gasteiger partial charge is 0.220 e. The number of hydrogen-bond donors (Lipinski definition) is 2. The average molecular weight is 371 g/mol. The van der Waals surface area contributed by atoms with Crippen LogP contribution >= 0.6 is 0 Å². The Labute approximate surface area is 153 Å². The van der Waals surface area contributed by atoms with Gasteiger partial charge in [-0.3, -0.25) is 9.59 Å². The highest BCUT2D eigenvalue weighted by molar-refractivity contribution is 5.75. The molecule has 0 saturated heterocycles. The molecule has 0 atom stereocenters. The van der Waals surface area contributed by atoms with Crippen molar-refractivity contribution in [1.82, 2.24) is 25.6 Å². The Bertz CT molecular complexity index is 523. The summed E-state index contributed by atoms with van der Waals surface area (Å²) in [6.07, 6.45) is 2.24. The predicted octanol–water partition coefficient (Wildman–Crippen LogP) is -0.510. The molecule has 0 aliphatic heterocycles. The van der Waals surface area contributed by atoms with Gasteiger partial charge in [0.1, 0.15) is 5.69 Å². The van der Waals surface area contributed by atoms with Crippen molar-refractivity contribution < 1.29 is 23.8 Å². The van der Waals surface area contributed by atoms with Crippen molar-refractivity contribution in [2.75, 3.05) is 46.2 Å². The van der Waals surface area contributed by atoms with Crippen LogP contribution in [0.1, 0.15) is 26.0 Å². The largest absolute Gasteiger partial charge is 0.377 e. The van der Waals surface area contributed by atoms with E-state index in [1.807, 2.05) is 0 Å². The second-order valence-corrected chi connectivity index (χ2v) is 5.42. The molecule has 0 radical (unpaired) electrons. The molecule has 0 aromatic carbocycles. The number of nitrogens with one attached hydrogen (secondary N) is 2. The molecule has 0 bridgehead atoms. The third kappa shape index (κ3) is 11.5. The van der Waals surface area contributed by atoms with E-state index in [1.54, 1.807) is 17.8 Å². The summed E-state index contributed by atoms with van der Waals surface area (Å²) < 4.78 is 17.8. The van der Waals surface area contributed by atoms with Crippen LogP contribution in [-0.2, 0) is 36.9 Å². The van der Waals surface area contributed by atoms with Crippen molar-refractivity contribution in [2.24, 2.45) is 0 Å². The fraction of sp³-hybridized carbons (Fsp3) is 0.750. The van der Waals surface area contributed by atoms with Gasteiger partial charge in [-0.25, -0.2) is 4.68 Å². The molecule has 10 heteroatoms. The molecule has 1 aromatic rings. The van der Waals surface area contributed by atoms with Gasteiger partial charge in [0, 0.05) is 19.9 Å². The minimum Gasteiger partial charge on any atom is -0.377 e. The molecule has 0 spiro atoms. The third-order valence-electron chi connectivity index (χ3n) is 3.20. The van der Waals surface area contributed by atoms with E-state index in [9.17, 15) is 9.59 Å². The van der Waals surface area contributed by atoms with Crippen LogP contribution in [0.3, 0.4) is 0 Å². The summed E-state index contributed by atoms with van der Waals surface area (Å²) in [7, 11) is 0. The average Bonchev–Trinajstić information content (AvgIpc) is 3.08.